The number of likely N-dealkylation sites (tertiary alicyclic amines) is 1. The van der Waals surface area contributed by atoms with Crippen LogP contribution in [0.4, 0.5) is 13.2 Å². The zero-order chi connectivity index (χ0) is 21.1. The quantitative estimate of drug-likeness (QED) is 0.823. The SMILES string of the molecule is CN1CCCN(CC2(O)CCCN(C(=O)Cc3ccccc3C(F)(F)F)C2)CC1. The number of hydrogen-bond acceptors (Lipinski definition) is 4. The number of carbonyl (C=O) groups is 1. The normalized spacial score (nSPS) is 25.1. The second-order valence-corrected chi connectivity index (χ2v) is 8.41. The van der Waals surface area contributed by atoms with Gasteiger partial charge in [-0.1, -0.05) is 18.2 Å². The van der Waals surface area contributed by atoms with Crippen molar-refractivity contribution in [3.8, 4) is 0 Å². The molecule has 1 N–H and O–H groups in total. The molecule has 1 unspecified atom stereocenters. The molecule has 1 atom stereocenters. The number of rotatable bonds is 4. The van der Waals surface area contributed by atoms with Gasteiger partial charge in [-0.05, 0) is 51.0 Å². The van der Waals surface area contributed by atoms with Crippen LogP contribution < -0.4 is 0 Å². The van der Waals surface area contributed by atoms with E-state index in [0.717, 1.165) is 38.7 Å². The number of nitrogens with zero attached hydrogens (tertiary/aromatic N) is 3. The van der Waals surface area contributed by atoms with Crippen LogP contribution in [0.25, 0.3) is 0 Å². The van der Waals surface area contributed by atoms with Gasteiger partial charge in [0.25, 0.3) is 0 Å². The minimum absolute atomic E-state index is 0.0188. The van der Waals surface area contributed by atoms with Gasteiger partial charge in [-0.3, -0.25) is 9.69 Å². The lowest BCUT2D eigenvalue weighted by molar-refractivity contribution is -0.141. The smallest absolute Gasteiger partial charge is 0.387 e. The first-order chi connectivity index (χ1) is 13.7. The molecular weight excluding hydrogens is 383 g/mol. The van der Waals surface area contributed by atoms with Gasteiger partial charge in [-0.25, -0.2) is 0 Å². The third kappa shape index (κ3) is 5.93. The van der Waals surface area contributed by atoms with Gasteiger partial charge in [-0.15, -0.1) is 0 Å². The maximum atomic E-state index is 13.2. The monoisotopic (exact) mass is 413 g/mol. The summed E-state index contributed by atoms with van der Waals surface area (Å²) in [6.07, 6.45) is -2.51. The average Bonchev–Trinajstić information content (AvgIpc) is 2.85. The number of alkyl halides is 3. The Kier molecular flexibility index (Phi) is 6.86. The van der Waals surface area contributed by atoms with Crippen molar-refractivity contribution in [1.29, 1.82) is 0 Å². The summed E-state index contributed by atoms with van der Waals surface area (Å²) < 4.78 is 39.6. The number of halogens is 3. The Labute approximate surface area is 170 Å². The Morgan fingerprint density at radius 2 is 1.86 bits per heavy atom. The number of carbonyl (C=O) groups excluding carboxylic acids is 1. The summed E-state index contributed by atoms with van der Waals surface area (Å²) in [7, 11) is 2.08. The third-order valence-electron chi connectivity index (χ3n) is 5.90. The Morgan fingerprint density at radius 3 is 2.62 bits per heavy atom. The Balaban J connectivity index is 1.64. The van der Waals surface area contributed by atoms with Crippen molar-refractivity contribution in [3.05, 3.63) is 35.4 Å². The summed E-state index contributed by atoms with van der Waals surface area (Å²) in [5.41, 5.74) is -1.80. The molecule has 5 nitrogen and oxygen atoms in total. The van der Waals surface area contributed by atoms with E-state index in [9.17, 15) is 23.1 Å². The average molecular weight is 413 g/mol. The number of amides is 1. The summed E-state index contributed by atoms with van der Waals surface area (Å²) in [6.45, 7) is 4.87. The molecule has 1 aromatic rings. The maximum Gasteiger partial charge on any atom is 0.416 e. The molecule has 1 amide bonds. The van der Waals surface area contributed by atoms with Gasteiger partial charge in [0, 0.05) is 26.2 Å². The van der Waals surface area contributed by atoms with Gasteiger partial charge in [0.1, 0.15) is 0 Å². The van der Waals surface area contributed by atoms with Crippen molar-refractivity contribution in [3.63, 3.8) is 0 Å². The number of benzene rings is 1. The second-order valence-electron chi connectivity index (χ2n) is 8.41. The predicted octanol–water partition coefficient (Wildman–Crippen LogP) is 2.24. The van der Waals surface area contributed by atoms with Gasteiger partial charge in [0.15, 0.2) is 0 Å². The first-order valence-electron chi connectivity index (χ1n) is 10.2. The molecule has 2 heterocycles. The van der Waals surface area contributed by atoms with Crippen LogP contribution in [0.1, 0.15) is 30.4 Å². The molecule has 0 aromatic heterocycles. The highest BCUT2D eigenvalue weighted by molar-refractivity contribution is 5.79. The lowest BCUT2D eigenvalue weighted by atomic mass is 9.91. The molecule has 0 aliphatic carbocycles. The van der Waals surface area contributed by atoms with Crippen LogP contribution in [-0.2, 0) is 17.4 Å². The van der Waals surface area contributed by atoms with E-state index >= 15 is 0 Å². The van der Waals surface area contributed by atoms with E-state index in [2.05, 4.69) is 16.8 Å². The molecule has 0 bridgehead atoms. The lowest BCUT2D eigenvalue weighted by Crippen LogP contribution is -2.56. The molecule has 2 fully saturated rings. The zero-order valence-corrected chi connectivity index (χ0v) is 16.9. The number of hydrogen-bond donors (Lipinski definition) is 1. The minimum atomic E-state index is -4.49. The fourth-order valence-corrected chi connectivity index (χ4v) is 4.35. The molecule has 2 saturated heterocycles. The topological polar surface area (TPSA) is 47.0 Å². The van der Waals surface area contributed by atoms with Gasteiger partial charge >= 0.3 is 6.18 Å². The van der Waals surface area contributed by atoms with Gasteiger partial charge in [-0.2, -0.15) is 13.2 Å². The first-order valence-corrected chi connectivity index (χ1v) is 10.2. The Bertz CT molecular complexity index is 713. The summed E-state index contributed by atoms with van der Waals surface area (Å²) in [6, 6.07) is 5.20. The summed E-state index contributed by atoms with van der Waals surface area (Å²) in [5, 5.41) is 11.1. The Morgan fingerprint density at radius 1 is 1.10 bits per heavy atom. The number of likely N-dealkylation sites (N-methyl/N-ethyl adjacent to an activating group) is 1. The molecule has 2 aliphatic rings. The molecule has 0 spiro atoms. The first kappa shape index (κ1) is 22.1. The number of piperidine rings is 1. The number of β-amino-alcohol motifs (C(OH)–C–C–N with tert-alkyl or cyclic N) is 1. The van der Waals surface area contributed by atoms with Crippen molar-refractivity contribution in [2.24, 2.45) is 0 Å². The largest absolute Gasteiger partial charge is 0.416 e. The van der Waals surface area contributed by atoms with Gasteiger partial charge in [0.05, 0.1) is 24.1 Å². The van der Waals surface area contributed by atoms with E-state index in [0.29, 0.717) is 25.9 Å². The van der Waals surface area contributed by atoms with Gasteiger partial charge in [0.2, 0.25) is 5.91 Å². The molecule has 162 valence electrons. The molecule has 2 aliphatic heterocycles. The van der Waals surface area contributed by atoms with Crippen LogP contribution in [0.15, 0.2) is 24.3 Å². The maximum absolute atomic E-state index is 13.2. The standard InChI is InChI=1S/C21H30F3N3O2/c1-25-9-5-10-26(13-12-25)15-20(29)8-4-11-27(16-20)19(28)14-17-6-2-3-7-18(17)21(22,23)24/h2-3,6-7,29H,4-5,8-16H2,1H3. The zero-order valence-electron chi connectivity index (χ0n) is 16.9. The Hall–Kier alpha value is -1.64. The van der Waals surface area contributed by atoms with E-state index in [4.69, 9.17) is 0 Å². The summed E-state index contributed by atoms with van der Waals surface area (Å²) >= 11 is 0. The van der Waals surface area contributed by atoms with Crippen molar-refractivity contribution < 1.29 is 23.1 Å². The van der Waals surface area contributed by atoms with Crippen LogP contribution in [0.5, 0.6) is 0 Å². The fraction of sp³-hybridized carbons (Fsp3) is 0.667. The highest BCUT2D eigenvalue weighted by Crippen LogP contribution is 2.32. The third-order valence-corrected chi connectivity index (χ3v) is 5.90. The van der Waals surface area contributed by atoms with Crippen LogP contribution in [0, 0.1) is 0 Å². The van der Waals surface area contributed by atoms with E-state index in [1.54, 1.807) is 0 Å². The van der Waals surface area contributed by atoms with E-state index in [-0.39, 0.29) is 24.4 Å². The minimum Gasteiger partial charge on any atom is -0.387 e. The van der Waals surface area contributed by atoms with Crippen LogP contribution >= 0.6 is 0 Å². The van der Waals surface area contributed by atoms with Gasteiger partial charge < -0.3 is 14.9 Å². The van der Waals surface area contributed by atoms with E-state index < -0.39 is 17.3 Å². The summed E-state index contributed by atoms with van der Waals surface area (Å²) in [5.74, 6) is -0.365. The van der Waals surface area contributed by atoms with Crippen LogP contribution in [0.3, 0.4) is 0 Å². The predicted molar refractivity (Wildman–Crippen MR) is 104 cm³/mol. The molecule has 1 aromatic carbocycles. The van der Waals surface area contributed by atoms with Crippen molar-refractivity contribution in [1.82, 2.24) is 14.7 Å². The fourth-order valence-electron chi connectivity index (χ4n) is 4.35. The van der Waals surface area contributed by atoms with Crippen LogP contribution in [-0.4, -0.2) is 84.2 Å². The van der Waals surface area contributed by atoms with Crippen molar-refractivity contribution >= 4 is 5.91 Å². The molecule has 8 heteroatoms. The molecule has 29 heavy (non-hydrogen) atoms. The molecule has 3 rings (SSSR count). The molecule has 0 radical (unpaired) electrons. The highest BCUT2D eigenvalue weighted by atomic mass is 19.4. The molecule has 0 saturated carbocycles. The van der Waals surface area contributed by atoms with Crippen molar-refractivity contribution in [2.75, 3.05) is 52.9 Å². The number of aliphatic hydroxyl groups is 1. The van der Waals surface area contributed by atoms with Crippen LogP contribution in [0.2, 0.25) is 0 Å². The lowest BCUT2D eigenvalue weighted by Gasteiger charge is -2.42. The summed E-state index contributed by atoms with van der Waals surface area (Å²) in [4.78, 5) is 18.8. The highest BCUT2D eigenvalue weighted by Gasteiger charge is 2.38. The van der Waals surface area contributed by atoms with E-state index in [1.807, 2.05) is 0 Å². The van der Waals surface area contributed by atoms with E-state index in [1.165, 1.54) is 23.1 Å². The molecular formula is C21H30F3N3O2. The van der Waals surface area contributed by atoms with Crippen molar-refractivity contribution in [2.45, 2.75) is 37.5 Å². The second kappa shape index (κ2) is 9.02.